The molecule has 0 fully saturated rings. The zero-order chi connectivity index (χ0) is 26.5. The SMILES string of the molecule is C=c1ccc(C(=O)NCCSC)c(CC)/c1=C/N(C)CC(CCC)CCCC(=O)c1ccc(Cl)cc1. The van der Waals surface area contributed by atoms with Gasteiger partial charge in [-0.2, -0.15) is 11.8 Å². The van der Waals surface area contributed by atoms with Crippen LogP contribution in [0.25, 0.3) is 12.8 Å². The van der Waals surface area contributed by atoms with Crippen LogP contribution in [0.2, 0.25) is 5.02 Å². The molecule has 0 aliphatic rings. The maximum Gasteiger partial charge on any atom is 0.251 e. The molecule has 196 valence electrons. The number of halogens is 1. The van der Waals surface area contributed by atoms with E-state index < -0.39 is 0 Å². The summed E-state index contributed by atoms with van der Waals surface area (Å²) in [6.07, 6.45) is 9.58. The van der Waals surface area contributed by atoms with Crippen LogP contribution in [0.4, 0.5) is 0 Å². The van der Waals surface area contributed by atoms with E-state index in [0.29, 0.717) is 23.9 Å². The Kier molecular flexibility index (Phi) is 13.1. The van der Waals surface area contributed by atoms with Gasteiger partial charge in [-0.05, 0) is 79.0 Å². The molecule has 0 saturated heterocycles. The number of hydrogen-bond acceptors (Lipinski definition) is 4. The summed E-state index contributed by atoms with van der Waals surface area (Å²) in [4.78, 5) is 27.6. The average molecular weight is 529 g/mol. The van der Waals surface area contributed by atoms with Crippen LogP contribution in [-0.2, 0) is 6.42 Å². The fraction of sp³-hybridized carbons (Fsp3) is 0.467. The number of nitrogens with zero attached hydrogens (tertiary/aromatic N) is 1. The largest absolute Gasteiger partial charge is 0.380 e. The summed E-state index contributed by atoms with van der Waals surface area (Å²) in [5, 5.41) is 5.64. The molecule has 1 N–H and O–H groups in total. The maximum atomic E-state index is 12.8. The lowest BCUT2D eigenvalue weighted by Gasteiger charge is -2.23. The molecule has 0 radical (unpaired) electrons. The quantitative estimate of drug-likeness (QED) is 0.243. The van der Waals surface area contributed by atoms with Crippen LogP contribution in [0.3, 0.4) is 0 Å². The number of nitrogens with one attached hydrogen (secondary N) is 1. The highest BCUT2D eigenvalue weighted by molar-refractivity contribution is 7.98. The van der Waals surface area contributed by atoms with E-state index in [4.69, 9.17) is 11.6 Å². The van der Waals surface area contributed by atoms with Gasteiger partial charge in [-0.3, -0.25) is 9.59 Å². The van der Waals surface area contributed by atoms with Gasteiger partial charge >= 0.3 is 0 Å². The highest BCUT2D eigenvalue weighted by Crippen LogP contribution is 2.18. The third kappa shape index (κ3) is 9.33. The number of thioether (sulfide) groups is 1. The van der Waals surface area contributed by atoms with Gasteiger partial charge in [-0.25, -0.2) is 0 Å². The molecule has 1 amide bonds. The van der Waals surface area contributed by atoms with Crippen molar-refractivity contribution in [1.82, 2.24) is 10.2 Å². The fourth-order valence-electron chi connectivity index (χ4n) is 4.58. The molecule has 0 bridgehead atoms. The van der Waals surface area contributed by atoms with Crippen LogP contribution < -0.4 is 15.8 Å². The second-order valence-electron chi connectivity index (χ2n) is 9.31. The Morgan fingerprint density at radius 1 is 1.14 bits per heavy atom. The first-order valence-electron chi connectivity index (χ1n) is 12.9. The first-order chi connectivity index (χ1) is 17.3. The van der Waals surface area contributed by atoms with Gasteiger partial charge in [0.1, 0.15) is 0 Å². The molecular weight excluding hydrogens is 488 g/mol. The van der Waals surface area contributed by atoms with Crippen LogP contribution in [0.5, 0.6) is 0 Å². The molecule has 4 nitrogen and oxygen atoms in total. The predicted molar refractivity (Wildman–Crippen MR) is 156 cm³/mol. The van der Waals surface area contributed by atoms with Crippen molar-refractivity contribution in [2.75, 3.05) is 32.1 Å². The molecule has 0 spiro atoms. The standard InChI is InChI=1S/C30H41ClN2O2S/c1-6-9-23(10-8-11-29(34)24-13-15-25(31)16-14-24)20-33(4)21-28-22(3)12-17-27(26(28)7-2)30(35)32-18-19-36-5/h12-17,21,23H,3,6-11,18-20H2,1-2,4-5H3,(H,32,35)/b28-21+. The normalized spacial score (nSPS) is 12.4. The fourth-order valence-corrected chi connectivity index (χ4v) is 5.01. The molecule has 2 aromatic carbocycles. The molecule has 2 rings (SSSR count). The van der Waals surface area contributed by atoms with E-state index in [-0.39, 0.29) is 11.7 Å². The zero-order valence-corrected chi connectivity index (χ0v) is 23.8. The van der Waals surface area contributed by atoms with Gasteiger partial charge in [0.15, 0.2) is 5.78 Å². The van der Waals surface area contributed by atoms with Gasteiger partial charge in [0, 0.05) is 59.9 Å². The van der Waals surface area contributed by atoms with Crippen LogP contribution in [0, 0.1) is 5.92 Å². The van der Waals surface area contributed by atoms with Crippen molar-refractivity contribution in [2.24, 2.45) is 5.92 Å². The molecule has 36 heavy (non-hydrogen) atoms. The zero-order valence-electron chi connectivity index (χ0n) is 22.2. The van der Waals surface area contributed by atoms with Crippen molar-refractivity contribution in [3.8, 4) is 0 Å². The van der Waals surface area contributed by atoms with Crippen LogP contribution in [0.1, 0.15) is 72.2 Å². The van der Waals surface area contributed by atoms with Crippen molar-refractivity contribution in [3.05, 3.63) is 68.5 Å². The van der Waals surface area contributed by atoms with Crippen molar-refractivity contribution in [1.29, 1.82) is 0 Å². The molecule has 6 heteroatoms. The van der Waals surface area contributed by atoms with E-state index in [9.17, 15) is 9.59 Å². The summed E-state index contributed by atoms with van der Waals surface area (Å²) in [6, 6.07) is 11.0. The Hall–Kier alpha value is -2.24. The second-order valence-corrected chi connectivity index (χ2v) is 10.7. The minimum atomic E-state index is -0.0209. The summed E-state index contributed by atoms with van der Waals surface area (Å²) in [7, 11) is 2.09. The summed E-state index contributed by atoms with van der Waals surface area (Å²) in [5.74, 6) is 1.54. The van der Waals surface area contributed by atoms with Gasteiger partial charge in [0.25, 0.3) is 5.91 Å². The first kappa shape index (κ1) is 30.0. The number of carbonyl (C=O) groups is 2. The lowest BCUT2D eigenvalue weighted by Crippen LogP contribution is -2.36. The summed E-state index contributed by atoms with van der Waals surface area (Å²) in [5.41, 5.74) is 2.50. The van der Waals surface area contributed by atoms with Crippen LogP contribution in [0.15, 0.2) is 36.4 Å². The Bertz CT molecular complexity index is 1100. The molecule has 1 atom stereocenters. The number of ketones is 1. The lowest BCUT2D eigenvalue weighted by atomic mass is 9.94. The second kappa shape index (κ2) is 15.8. The molecule has 0 heterocycles. The summed E-state index contributed by atoms with van der Waals surface area (Å²) < 4.78 is 0. The highest BCUT2D eigenvalue weighted by atomic mass is 35.5. The summed E-state index contributed by atoms with van der Waals surface area (Å²) in [6.45, 7) is 10.1. The van der Waals surface area contributed by atoms with Gasteiger partial charge in [-0.1, -0.05) is 44.5 Å². The number of hydrogen-bond donors (Lipinski definition) is 1. The minimum Gasteiger partial charge on any atom is -0.380 e. The molecular formula is C30H41ClN2O2S. The van der Waals surface area contributed by atoms with E-state index in [1.165, 1.54) is 0 Å². The van der Waals surface area contributed by atoms with Crippen LogP contribution >= 0.6 is 23.4 Å². The van der Waals surface area contributed by atoms with E-state index in [1.54, 1.807) is 36.0 Å². The average Bonchev–Trinajstić information content (AvgIpc) is 2.85. The Morgan fingerprint density at radius 3 is 2.50 bits per heavy atom. The van der Waals surface area contributed by atoms with Crippen molar-refractivity contribution < 1.29 is 9.59 Å². The topological polar surface area (TPSA) is 49.4 Å². The van der Waals surface area contributed by atoms with Gasteiger partial charge in [-0.15, -0.1) is 0 Å². The predicted octanol–water partition coefficient (Wildman–Crippen LogP) is 5.54. The number of amides is 1. The molecule has 0 aliphatic heterocycles. The van der Waals surface area contributed by atoms with Gasteiger partial charge in [0.05, 0.1) is 0 Å². The Labute approximate surface area is 226 Å². The highest BCUT2D eigenvalue weighted by Gasteiger charge is 2.14. The Morgan fingerprint density at radius 2 is 1.86 bits per heavy atom. The minimum absolute atomic E-state index is 0.0209. The molecule has 2 aromatic rings. The first-order valence-corrected chi connectivity index (χ1v) is 14.7. The molecule has 0 aromatic heterocycles. The van der Waals surface area contributed by atoms with Crippen molar-refractivity contribution >= 4 is 47.8 Å². The molecule has 0 aliphatic carbocycles. The van der Waals surface area contributed by atoms with E-state index in [1.807, 2.05) is 18.4 Å². The third-order valence-corrected chi connectivity index (χ3v) is 7.28. The van der Waals surface area contributed by atoms with Crippen molar-refractivity contribution in [2.45, 2.75) is 52.4 Å². The van der Waals surface area contributed by atoms with Gasteiger partial charge < -0.3 is 10.2 Å². The van der Waals surface area contributed by atoms with Gasteiger partial charge in [0.2, 0.25) is 0 Å². The van der Waals surface area contributed by atoms with E-state index in [0.717, 1.165) is 71.5 Å². The van der Waals surface area contributed by atoms with E-state index in [2.05, 4.69) is 43.9 Å². The maximum absolute atomic E-state index is 12.8. The third-order valence-electron chi connectivity index (χ3n) is 6.41. The van der Waals surface area contributed by atoms with Crippen molar-refractivity contribution in [3.63, 3.8) is 0 Å². The smallest absolute Gasteiger partial charge is 0.251 e. The monoisotopic (exact) mass is 528 g/mol. The summed E-state index contributed by atoms with van der Waals surface area (Å²) >= 11 is 7.66. The van der Waals surface area contributed by atoms with Crippen LogP contribution in [-0.4, -0.2) is 48.7 Å². The number of benzene rings is 2. The number of Topliss-reactive ketones (excluding diaryl/α,β-unsaturated/α-hetero) is 1. The molecule has 0 saturated carbocycles. The van der Waals surface area contributed by atoms with E-state index >= 15 is 0 Å². The molecule has 1 unspecified atom stereocenters. The Balaban J connectivity index is 2.09. The lowest BCUT2D eigenvalue weighted by molar-refractivity contribution is 0.0952. The number of rotatable bonds is 15. The number of carbonyl (C=O) groups excluding carboxylic acids is 2.